The molecule has 8 aromatic rings. The van der Waals surface area contributed by atoms with Crippen LogP contribution in [-0.2, 0) is 5.54 Å². The zero-order valence-corrected chi connectivity index (χ0v) is 27.0. The maximum absolute atomic E-state index is 13.4. The number of aromatic nitrogens is 5. The third kappa shape index (κ3) is 5.35. The average Bonchev–Trinajstić information content (AvgIpc) is 3.77. The smallest absolute Gasteiger partial charge is 0.289 e. The van der Waals surface area contributed by atoms with E-state index in [0.29, 0.717) is 17.6 Å². The van der Waals surface area contributed by atoms with Crippen molar-refractivity contribution in [2.75, 3.05) is 6.54 Å². The van der Waals surface area contributed by atoms with Gasteiger partial charge >= 0.3 is 0 Å². The van der Waals surface area contributed by atoms with Gasteiger partial charge in [0.25, 0.3) is 5.91 Å². The number of hydrogen-bond acceptors (Lipinski definition) is 4. The molecule has 0 saturated carbocycles. The number of benzene rings is 5. The number of imidazole rings is 1. The molecule has 5 aromatic carbocycles. The summed E-state index contributed by atoms with van der Waals surface area (Å²) in [4.78, 5) is 27.2. The van der Waals surface area contributed by atoms with Gasteiger partial charge in [-0.25, -0.2) is 9.97 Å². The zero-order chi connectivity index (χ0) is 33.2. The molecule has 0 saturated heterocycles. The predicted octanol–water partition coefficient (Wildman–Crippen LogP) is 8.35. The van der Waals surface area contributed by atoms with Crippen LogP contribution in [0.3, 0.4) is 0 Å². The average molecular weight is 639 g/mol. The van der Waals surface area contributed by atoms with Crippen molar-refractivity contribution >= 4 is 27.8 Å². The Bertz CT molecular complexity index is 2260. The van der Waals surface area contributed by atoms with Gasteiger partial charge in [0, 0.05) is 29.9 Å². The number of pyridine rings is 1. The van der Waals surface area contributed by atoms with Gasteiger partial charge in [-0.3, -0.25) is 19.6 Å². The highest BCUT2D eigenvalue weighted by molar-refractivity contribution is 6.03. The molecule has 0 fully saturated rings. The van der Waals surface area contributed by atoms with Crippen molar-refractivity contribution in [1.82, 2.24) is 30.0 Å². The Balaban J connectivity index is 1.34. The minimum atomic E-state index is -0.797. The monoisotopic (exact) mass is 638 g/mol. The summed E-state index contributed by atoms with van der Waals surface area (Å²) in [5, 5.41) is 7.85. The Hall–Kier alpha value is -6.34. The third-order valence-corrected chi connectivity index (χ3v) is 9.30. The van der Waals surface area contributed by atoms with Crippen LogP contribution in [0.25, 0.3) is 33.2 Å². The molecule has 0 unspecified atom stereocenters. The van der Waals surface area contributed by atoms with E-state index in [1.54, 1.807) is 12.4 Å². The van der Waals surface area contributed by atoms with Crippen LogP contribution in [0.4, 0.5) is 0 Å². The Morgan fingerprint density at radius 3 is 1.78 bits per heavy atom. The highest BCUT2D eigenvalue weighted by Crippen LogP contribution is 2.44. The molecule has 0 bridgehead atoms. The molecule has 1 amide bonds. The lowest BCUT2D eigenvalue weighted by Crippen LogP contribution is -2.38. The van der Waals surface area contributed by atoms with Crippen LogP contribution in [-0.4, -0.2) is 37.2 Å². The van der Waals surface area contributed by atoms with Crippen LogP contribution < -0.4 is 5.32 Å². The highest BCUT2D eigenvalue weighted by Gasteiger charge is 2.40. The molecule has 8 rings (SSSR count). The first-order chi connectivity index (χ1) is 24.1. The minimum Gasteiger partial charge on any atom is -0.349 e. The van der Waals surface area contributed by atoms with E-state index in [1.807, 2.05) is 60.7 Å². The fourth-order valence-electron chi connectivity index (χ4n) is 6.87. The largest absolute Gasteiger partial charge is 0.349 e. The molecule has 0 spiro atoms. The second kappa shape index (κ2) is 12.7. The molecule has 0 aliphatic heterocycles. The second-order valence-electron chi connectivity index (χ2n) is 12.3. The van der Waals surface area contributed by atoms with E-state index >= 15 is 0 Å². The molecule has 7 heteroatoms. The van der Waals surface area contributed by atoms with Crippen molar-refractivity contribution in [3.05, 3.63) is 186 Å². The van der Waals surface area contributed by atoms with Gasteiger partial charge < -0.3 is 5.32 Å². The lowest BCUT2D eigenvalue weighted by molar-refractivity contribution is 0.0942. The Morgan fingerprint density at radius 1 is 0.714 bits per heavy atom. The summed E-state index contributed by atoms with van der Waals surface area (Å²) in [5.41, 5.74) is 7.74. The van der Waals surface area contributed by atoms with Crippen molar-refractivity contribution in [1.29, 1.82) is 0 Å². The molecule has 0 aliphatic rings. The fraction of sp³-hybridized carbons (Fsp3) is 0.0952. The molecule has 3 heterocycles. The molecule has 7 nitrogen and oxygen atoms in total. The van der Waals surface area contributed by atoms with E-state index < -0.39 is 5.54 Å². The lowest BCUT2D eigenvalue weighted by Gasteiger charge is -2.37. The summed E-state index contributed by atoms with van der Waals surface area (Å²) >= 11 is 0. The normalized spacial score (nSPS) is 12.3. The van der Waals surface area contributed by atoms with Gasteiger partial charge in [-0.15, -0.1) is 0 Å². The molecule has 1 atom stereocenters. The summed E-state index contributed by atoms with van der Waals surface area (Å²) in [5.74, 6) is 0.0153. The number of carbonyl (C=O) groups is 1. The quantitative estimate of drug-likeness (QED) is 0.156. The Kier molecular flexibility index (Phi) is 7.78. The first-order valence-electron chi connectivity index (χ1n) is 16.5. The van der Waals surface area contributed by atoms with Gasteiger partial charge in [0.05, 0.1) is 22.2 Å². The van der Waals surface area contributed by atoms with E-state index in [2.05, 4.69) is 112 Å². The number of aromatic amines is 1. The first kappa shape index (κ1) is 30.0. The Labute approximate surface area is 284 Å². The molecule has 0 aliphatic carbocycles. The van der Waals surface area contributed by atoms with Crippen LogP contribution >= 0.6 is 0 Å². The minimum absolute atomic E-state index is 0.151. The van der Waals surface area contributed by atoms with Crippen molar-refractivity contribution in [3.8, 4) is 11.3 Å². The maximum atomic E-state index is 13.4. The third-order valence-electron chi connectivity index (χ3n) is 9.30. The summed E-state index contributed by atoms with van der Waals surface area (Å²) in [6, 6.07) is 49.9. The van der Waals surface area contributed by atoms with Crippen LogP contribution in [0.1, 0.15) is 45.7 Å². The van der Waals surface area contributed by atoms with Crippen molar-refractivity contribution < 1.29 is 4.79 Å². The van der Waals surface area contributed by atoms with E-state index in [0.717, 1.165) is 38.9 Å². The zero-order valence-electron chi connectivity index (χ0n) is 27.0. The Morgan fingerprint density at radius 2 is 1.22 bits per heavy atom. The van der Waals surface area contributed by atoms with Crippen molar-refractivity contribution in [2.24, 2.45) is 0 Å². The number of fused-ring (bicyclic) bond motifs is 2. The first-order valence-corrected chi connectivity index (χ1v) is 16.5. The second-order valence-corrected chi connectivity index (χ2v) is 12.3. The molecule has 49 heavy (non-hydrogen) atoms. The van der Waals surface area contributed by atoms with Crippen LogP contribution in [0, 0.1) is 0 Å². The molecule has 2 N–H and O–H groups in total. The van der Waals surface area contributed by atoms with Crippen LogP contribution in [0.2, 0.25) is 0 Å². The van der Waals surface area contributed by atoms with E-state index in [1.165, 1.54) is 5.56 Å². The number of rotatable bonds is 9. The van der Waals surface area contributed by atoms with Crippen molar-refractivity contribution in [3.63, 3.8) is 0 Å². The lowest BCUT2D eigenvalue weighted by atomic mass is 9.77. The van der Waals surface area contributed by atoms with Gasteiger partial charge in [0.15, 0.2) is 0 Å². The number of nitrogens with one attached hydrogen (secondary N) is 2. The summed E-state index contributed by atoms with van der Waals surface area (Å²) in [6.45, 7) is 2.58. The van der Waals surface area contributed by atoms with Gasteiger partial charge in [-0.05, 0) is 52.4 Å². The fourth-order valence-corrected chi connectivity index (χ4v) is 6.87. The van der Waals surface area contributed by atoms with Gasteiger partial charge in [0.1, 0.15) is 5.54 Å². The van der Waals surface area contributed by atoms with Crippen LogP contribution in [0.15, 0.2) is 158 Å². The number of hydrogen-bond donors (Lipinski definition) is 2. The van der Waals surface area contributed by atoms with Crippen LogP contribution in [0.5, 0.6) is 0 Å². The number of carbonyl (C=O) groups excluding carboxylic acids is 1. The molecule has 3 aromatic heterocycles. The summed E-state index contributed by atoms with van der Waals surface area (Å²) in [7, 11) is 0. The van der Waals surface area contributed by atoms with Crippen molar-refractivity contribution in [2.45, 2.75) is 18.4 Å². The van der Waals surface area contributed by atoms with E-state index in [4.69, 9.17) is 9.97 Å². The topological polar surface area (TPSA) is 88.5 Å². The molecular weight excluding hydrogens is 605 g/mol. The predicted molar refractivity (Wildman–Crippen MR) is 194 cm³/mol. The maximum Gasteiger partial charge on any atom is 0.289 e. The molecule has 0 radical (unpaired) electrons. The van der Waals surface area contributed by atoms with E-state index in [-0.39, 0.29) is 17.6 Å². The standard InChI is InChI=1S/C42H34N6O/c1-29(30-14-6-2-7-15-30)28-44-41(49)40-45-36-26-35-38(27-37(36)46-40)48(47-39(35)31-22-24-43-25-23-31)42(32-16-8-3-9-17-32,33-18-10-4-11-19-33)34-20-12-5-13-21-34/h2-27,29,47H,28H2,1H3,(H,44,49)/t29-/m1/s1. The molecular formula is C42H34N6O. The number of H-pyrrole nitrogens is 1. The number of nitrogens with zero attached hydrogens (tertiary/aromatic N) is 4. The SMILES string of the molecule is C[C@H](CNC(=O)c1nc2cc3c(-c4ccncc4)[nH]n(C(c4ccccc4)(c4ccccc4)c4ccccc4)c3cc2n1)c1ccccc1. The van der Waals surface area contributed by atoms with E-state index in [9.17, 15) is 4.79 Å². The summed E-state index contributed by atoms with van der Waals surface area (Å²) < 4.78 is 2.24. The molecule has 238 valence electrons. The van der Waals surface area contributed by atoms with Gasteiger partial charge in [-0.2, -0.15) is 0 Å². The van der Waals surface area contributed by atoms with Gasteiger partial charge in [-0.1, -0.05) is 128 Å². The summed E-state index contributed by atoms with van der Waals surface area (Å²) in [6.07, 6.45) is 3.59. The number of amides is 1. The van der Waals surface area contributed by atoms with Gasteiger partial charge in [0.2, 0.25) is 5.82 Å². The highest BCUT2D eigenvalue weighted by atomic mass is 16.2.